The molecule has 188 valence electrons. The predicted molar refractivity (Wildman–Crippen MR) is 128 cm³/mol. The highest BCUT2D eigenvalue weighted by atomic mass is 16.7. The third kappa shape index (κ3) is 5.54. The third-order valence-electron chi connectivity index (χ3n) is 6.27. The van der Waals surface area contributed by atoms with Gasteiger partial charge in [0.15, 0.2) is 0 Å². The van der Waals surface area contributed by atoms with Gasteiger partial charge < -0.3 is 19.7 Å². The molecule has 4 rings (SSSR count). The van der Waals surface area contributed by atoms with Gasteiger partial charge in [0, 0.05) is 25.2 Å². The number of piperidine rings is 1. The lowest BCUT2D eigenvalue weighted by molar-refractivity contribution is -0.132. The average Bonchev–Trinajstić information content (AvgIpc) is 3.13. The SMILES string of the molecule is CCOC(=O)Oc1ccc(C(=O)NCC2CCN(C(=O)CN3C(=O)c4ccccc4C3=O)CC2)cc1. The highest BCUT2D eigenvalue weighted by Gasteiger charge is 2.37. The lowest BCUT2D eigenvalue weighted by Gasteiger charge is -2.32. The van der Waals surface area contributed by atoms with Crippen LogP contribution in [0.4, 0.5) is 4.79 Å². The minimum absolute atomic E-state index is 0.198. The Labute approximate surface area is 208 Å². The van der Waals surface area contributed by atoms with Gasteiger partial charge in [0.2, 0.25) is 5.91 Å². The van der Waals surface area contributed by atoms with Crippen LogP contribution in [0.2, 0.25) is 0 Å². The molecule has 0 spiro atoms. The van der Waals surface area contributed by atoms with Gasteiger partial charge in [-0.25, -0.2) is 4.79 Å². The molecule has 1 N–H and O–H groups in total. The molecular formula is C26H27N3O7. The number of hydrogen-bond donors (Lipinski definition) is 1. The molecule has 4 amide bonds. The topological polar surface area (TPSA) is 122 Å². The number of carbonyl (C=O) groups excluding carboxylic acids is 5. The number of nitrogens with zero attached hydrogens (tertiary/aromatic N) is 2. The van der Waals surface area contributed by atoms with Crippen LogP contribution in [0.15, 0.2) is 48.5 Å². The van der Waals surface area contributed by atoms with Gasteiger partial charge in [-0.2, -0.15) is 0 Å². The number of likely N-dealkylation sites (tertiary alicyclic amines) is 1. The second-order valence-corrected chi connectivity index (χ2v) is 8.59. The highest BCUT2D eigenvalue weighted by Crippen LogP contribution is 2.23. The van der Waals surface area contributed by atoms with E-state index in [0.717, 1.165) is 4.90 Å². The van der Waals surface area contributed by atoms with E-state index < -0.39 is 18.0 Å². The predicted octanol–water partition coefficient (Wildman–Crippen LogP) is 2.49. The van der Waals surface area contributed by atoms with Crippen molar-refractivity contribution in [3.8, 4) is 5.75 Å². The average molecular weight is 494 g/mol. The molecule has 2 aromatic carbocycles. The van der Waals surface area contributed by atoms with Crippen molar-refractivity contribution < 1.29 is 33.4 Å². The summed E-state index contributed by atoms with van der Waals surface area (Å²) in [5.41, 5.74) is 1.08. The second-order valence-electron chi connectivity index (χ2n) is 8.59. The Morgan fingerprint density at radius 3 is 2.14 bits per heavy atom. The van der Waals surface area contributed by atoms with E-state index in [1.165, 1.54) is 12.1 Å². The van der Waals surface area contributed by atoms with Crippen molar-refractivity contribution in [1.82, 2.24) is 15.1 Å². The minimum atomic E-state index is -0.803. The van der Waals surface area contributed by atoms with Crippen LogP contribution in [0.5, 0.6) is 5.75 Å². The number of benzene rings is 2. The van der Waals surface area contributed by atoms with Gasteiger partial charge in [-0.15, -0.1) is 0 Å². The van der Waals surface area contributed by atoms with E-state index in [-0.39, 0.29) is 36.6 Å². The van der Waals surface area contributed by atoms with Crippen LogP contribution >= 0.6 is 0 Å². The first-order valence-electron chi connectivity index (χ1n) is 11.8. The van der Waals surface area contributed by atoms with E-state index >= 15 is 0 Å². The summed E-state index contributed by atoms with van der Waals surface area (Å²) in [5.74, 6) is -0.921. The van der Waals surface area contributed by atoms with Crippen molar-refractivity contribution >= 4 is 29.8 Å². The normalized spacial score (nSPS) is 15.5. The van der Waals surface area contributed by atoms with Crippen molar-refractivity contribution in [3.63, 3.8) is 0 Å². The summed E-state index contributed by atoms with van der Waals surface area (Å²) in [6.45, 7) is 3.04. The van der Waals surface area contributed by atoms with Crippen LogP contribution < -0.4 is 10.1 Å². The molecule has 10 heteroatoms. The maximum Gasteiger partial charge on any atom is 0.513 e. The van der Waals surface area contributed by atoms with E-state index in [2.05, 4.69) is 5.32 Å². The smallest absolute Gasteiger partial charge is 0.434 e. The molecule has 1 saturated heterocycles. The molecule has 0 aromatic heterocycles. The molecule has 2 aliphatic rings. The fourth-order valence-electron chi connectivity index (χ4n) is 4.26. The molecule has 0 unspecified atom stereocenters. The van der Waals surface area contributed by atoms with Crippen LogP contribution in [-0.2, 0) is 9.53 Å². The van der Waals surface area contributed by atoms with Crippen molar-refractivity contribution in [3.05, 3.63) is 65.2 Å². The Balaban J connectivity index is 1.21. The van der Waals surface area contributed by atoms with Crippen molar-refractivity contribution in [2.45, 2.75) is 19.8 Å². The Morgan fingerprint density at radius 2 is 1.56 bits per heavy atom. The number of hydrogen-bond acceptors (Lipinski definition) is 7. The molecule has 0 aliphatic carbocycles. The van der Waals surface area contributed by atoms with E-state index in [1.54, 1.807) is 48.2 Å². The number of amides is 4. The van der Waals surface area contributed by atoms with Crippen molar-refractivity contribution in [1.29, 1.82) is 0 Å². The number of imide groups is 1. The molecule has 36 heavy (non-hydrogen) atoms. The molecule has 0 bridgehead atoms. The van der Waals surface area contributed by atoms with E-state index in [4.69, 9.17) is 9.47 Å². The minimum Gasteiger partial charge on any atom is -0.434 e. The first-order chi connectivity index (χ1) is 17.4. The van der Waals surface area contributed by atoms with Crippen LogP contribution in [0.25, 0.3) is 0 Å². The van der Waals surface area contributed by atoms with E-state index in [0.29, 0.717) is 49.2 Å². The second kappa shape index (κ2) is 11.0. The fourth-order valence-corrected chi connectivity index (χ4v) is 4.26. The summed E-state index contributed by atoms with van der Waals surface area (Å²) in [7, 11) is 0. The van der Waals surface area contributed by atoms with Gasteiger partial charge in [0.05, 0.1) is 17.7 Å². The summed E-state index contributed by atoms with van der Waals surface area (Å²) in [5, 5.41) is 2.90. The maximum absolute atomic E-state index is 12.8. The molecule has 0 saturated carbocycles. The largest absolute Gasteiger partial charge is 0.513 e. The lowest BCUT2D eigenvalue weighted by Crippen LogP contribution is -2.46. The maximum atomic E-state index is 12.8. The fraction of sp³-hybridized carbons (Fsp3) is 0.346. The Hall–Kier alpha value is -4.21. The number of carbonyl (C=O) groups is 5. The monoisotopic (exact) mass is 493 g/mol. The Kier molecular flexibility index (Phi) is 7.62. The standard InChI is InChI=1S/C26H27N3O7/c1-2-35-26(34)36-19-9-7-18(8-10-19)23(31)27-15-17-11-13-28(14-12-17)22(30)16-29-24(32)20-5-3-4-6-21(20)25(29)33/h3-10,17H,2,11-16H2,1H3,(H,27,31). The zero-order valence-corrected chi connectivity index (χ0v) is 19.9. The Morgan fingerprint density at radius 1 is 0.944 bits per heavy atom. The van der Waals surface area contributed by atoms with Crippen LogP contribution in [-0.4, -0.2) is 72.4 Å². The van der Waals surface area contributed by atoms with Gasteiger partial charge in [-0.1, -0.05) is 12.1 Å². The van der Waals surface area contributed by atoms with Crippen LogP contribution in [0.3, 0.4) is 0 Å². The van der Waals surface area contributed by atoms with Gasteiger partial charge in [0.25, 0.3) is 17.7 Å². The van der Waals surface area contributed by atoms with Crippen LogP contribution in [0, 0.1) is 5.92 Å². The molecule has 2 aromatic rings. The molecule has 0 atom stereocenters. The quantitative estimate of drug-likeness (QED) is 0.357. The van der Waals surface area contributed by atoms with E-state index in [9.17, 15) is 24.0 Å². The van der Waals surface area contributed by atoms with Gasteiger partial charge in [-0.3, -0.25) is 24.1 Å². The number of nitrogens with one attached hydrogen (secondary N) is 1. The molecule has 10 nitrogen and oxygen atoms in total. The summed E-state index contributed by atoms with van der Waals surface area (Å²) < 4.78 is 9.69. The van der Waals surface area contributed by atoms with Gasteiger partial charge in [0.1, 0.15) is 12.3 Å². The molecule has 2 aliphatic heterocycles. The first kappa shape index (κ1) is 24.9. The third-order valence-corrected chi connectivity index (χ3v) is 6.27. The van der Waals surface area contributed by atoms with Crippen molar-refractivity contribution in [2.75, 3.05) is 32.8 Å². The van der Waals surface area contributed by atoms with Crippen LogP contribution in [0.1, 0.15) is 50.8 Å². The lowest BCUT2D eigenvalue weighted by atomic mass is 9.96. The Bertz CT molecular complexity index is 1140. The molecule has 0 radical (unpaired) electrons. The number of ether oxygens (including phenoxy) is 2. The first-order valence-corrected chi connectivity index (χ1v) is 11.8. The van der Waals surface area contributed by atoms with Gasteiger partial charge >= 0.3 is 6.16 Å². The summed E-state index contributed by atoms with van der Waals surface area (Å²) in [6, 6.07) is 12.7. The number of fused-ring (bicyclic) bond motifs is 1. The highest BCUT2D eigenvalue weighted by molar-refractivity contribution is 6.22. The zero-order valence-electron chi connectivity index (χ0n) is 19.9. The molecular weight excluding hydrogens is 466 g/mol. The van der Waals surface area contributed by atoms with Crippen molar-refractivity contribution in [2.24, 2.45) is 5.92 Å². The zero-order chi connectivity index (χ0) is 25.7. The summed E-state index contributed by atoms with van der Waals surface area (Å²) >= 11 is 0. The van der Waals surface area contributed by atoms with Gasteiger partial charge in [-0.05, 0) is 62.1 Å². The van der Waals surface area contributed by atoms with E-state index in [1.807, 2.05) is 0 Å². The number of rotatable bonds is 7. The summed E-state index contributed by atoms with van der Waals surface area (Å²) in [6.07, 6.45) is 0.587. The molecule has 2 heterocycles. The molecule has 1 fully saturated rings. The summed E-state index contributed by atoms with van der Waals surface area (Å²) in [4.78, 5) is 64.2.